The lowest BCUT2D eigenvalue weighted by Gasteiger charge is -2.57. The summed E-state index contributed by atoms with van der Waals surface area (Å²) >= 11 is 12.6. The second kappa shape index (κ2) is 13.1. The van der Waals surface area contributed by atoms with Gasteiger partial charge in [-0.05, 0) is 73.5 Å². The van der Waals surface area contributed by atoms with Gasteiger partial charge in [-0.1, -0.05) is 96.7 Å². The van der Waals surface area contributed by atoms with Gasteiger partial charge >= 0.3 is 8.38 Å². The van der Waals surface area contributed by atoms with Gasteiger partial charge in [0.2, 0.25) is 0 Å². The largest absolute Gasteiger partial charge is 0.438 e. The minimum atomic E-state index is -1.52. The summed E-state index contributed by atoms with van der Waals surface area (Å²) in [6, 6.07) is 28.3. The normalized spacial score (nSPS) is 23.4. The SMILES string of the molecule is O=C(c1ccc(Cl)cc1)N1[C@@H]2c3ccccc3OP(C3C=CC=C3)Oc3ccccc3[C@H]2N(C(=O)c2ccc(Cl)cc2)[C@H]2CCCC[C@@H]21. The van der Waals surface area contributed by atoms with Crippen molar-refractivity contribution in [3.63, 3.8) is 0 Å². The third kappa shape index (κ3) is 5.60. The van der Waals surface area contributed by atoms with E-state index in [0.717, 1.165) is 36.8 Å². The molecular formula is C39H33Cl2N2O4P. The molecule has 9 heteroatoms. The predicted molar refractivity (Wildman–Crippen MR) is 190 cm³/mol. The van der Waals surface area contributed by atoms with Crippen molar-refractivity contribution in [1.82, 2.24) is 9.80 Å². The summed E-state index contributed by atoms with van der Waals surface area (Å²) in [7, 11) is -1.52. The van der Waals surface area contributed by atoms with Gasteiger partial charge in [-0.2, -0.15) is 0 Å². The van der Waals surface area contributed by atoms with Gasteiger partial charge in [-0.25, -0.2) is 0 Å². The van der Waals surface area contributed by atoms with E-state index in [2.05, 4.69) is 12.2 Å². The molecule has 8 rings (SSSR count). The quantitative estimate of drug-likeness (QED) is 0.200. The highest BCUT2D eigenvalue weighted by molar-refractivity contribution is 7.49. The van der Waals surface area contributed by atoms with Gasteiger partial charge in [-0.3, -0.25) is 9.59 Å². The summed E-state index contributed by atoms with van der Waals surface area (Å²) in [5.41, 5.74) is 2.70. The molecule has 0 spiro atoms. The zero-order valence-electron chi connectivity index (χ0n) is 26.0. The van der Waals surface area contributed by atoms with Gasteiger partial charge < -0.3 is 18.8 Å². The Bertz CT molecular complexity index is 1780. The van der Waals surface area contributed by atoms with Crippen molar-refractivity contribution in [3.05, 3.63) is 154 Å². The molecule has 4 atom stereocenters. The van der Waals surface area contributed by atoms with Crippen molar-refractivity contribution in [2.75, 3.05) is 0 Å². The first kappa shape index (κ1) is 31.2. The summed E-state index contributed by atoms with van der Waals surface area (Å²) in [5.74, 6) is 1.08. The summed E-state index contributed by atoms with van der Waals surface area (Å²) in [6.45, 7) is 0. The molecule has 2 amide bonds. The van der Waals surface area contributed by atoms with E-state index in [1.807, 2.05) is 70.5 Å². The van der Waals surface area contributed by atoms with E-state index in [9.17, 15) is 9.59 Å². The number of hydrogen-bond acceptors (Lipinski definition) is 4. The summed E-state index contributed by atoms with van der Waals surface area (Å²) in [6.07, 6.45) is 11.6. The van der Waals surface area contributed by atoms with Crippen molar-refractivity contribution in [2.24, 2.45) is 0 Å². The number of para-hydroxylation sites is 2. The van der Waals surface area contributed by atoms with Gasteiger partial charge in [0, 0.05) is 32.3 Å². The molecule has 0 unspecified atom stereocenters. The fourth-order valence-corrected chi connectivity index (χ4v) is 9.38. The Morgan fingerprint density at radius 2 is 1.02 bits per heavy atom. The van der Waals surface area contributed by atoms with E-state index in [4.69, 9.17) is 32.2 Å². The molecule has 2 heterocycles. The Labute approximate surface area is 291 Å². The molecule has 4 aromatic rings. The number of rotatable bonds is 3. The smallest absolute Gasteiger partial charge is 0.301 e. The van der Waals surface area contributed by atoms with Crippen LogP contribution in [0.1, 0.15) is 69.6 Å². The first-order valence-electron chi connectivity index (χ1n) is 16.3. The number of carbonyl (C=O) groups is 2. The topological polar surface area (TPSA) is 59.1 Å². The molecule has 4 aliphatic rings. The van der Waals surface area contributed by atoms with Crippen molar-refractivity contribution in [2.45, 2.75) is 55.5 Å². The molecule has 1 saturated carbocycles. The van der Waals surface area contributed by atoms with Crippen LogP contribution in [0.3, 0.4) is 0 Å². The third-order valence-corrected chi connectivity index (χ3v) is 11.9. The zero-order chi connectivity index (χ0) is 32.8. The molecule has 0 aromatic heterocycles. The summed E-state index contributed by atoms with van der Waals surface area (Å²) in [5, 5.41) is 1.13. The van der Waals surface area contributed by atoms with Crippen molar-refractivity contribution >= 4 is 43.4 Å². The third-order valence-electron chi connectivity index (χ3n) is 9.78. The van der Waals surface area contributed by atoms with Crippen LogP contribution in [0.4, 0.5) is 0 Å². The molecule has 48 heavy (non-hydrogen) atoms. The zero-order valence-corrected chi connectivity index (χ0v) is 28.4. The highest BCUT2D eigenvalue weighted by Gasteiger charge is 2.54. The van der Waals surface area contributed by atoms with Crippen LogP contribution < -0.4 is 9.05 Å². The molecule has 0 N–H and O–H groups in total. The number of carbonyl (C=O) groups excluding carboxylic acids is 2. The Morgan fingerprint density at radius 3 is 1.46 bits per heavy atom. The molecule has 242 valence electrons. The first-order chi connectivity index (χ1) is 23.5. The maximum Gasteiger partial charge on any atom is 0.301 e. The number of fused-ring (bicyclic) bond motifs is 6. The lowest BCUT2D eigenvalue weighted by molar-refractivity contribution is -0.0531. The number of allylic oxidation sites excluding steroid dienone is 4. The molecule has 6 nitrogen and oxygen atoms in total. The van der Waals surface area contributed by atoms with E-state index in [0.29, 0.717) is 32.7 Å². The second-order valence-electron chi connectivity index (χ2n) is 12.6. The van der Waals surface area contributed by atoms with Crippen LogP contribution in [0, 0.1) is 0 Å². The number of benzene rings is 4. The second-order valence-corrected chi connectivity index (χ2v) is 15.0. The lowest BCUT2D eigenvalue weighted by Crippen LogP contribution is -2.65. The Hall–Kier alpha value is -4.09. The van der Waals surface area contributed by atoms with Gasteiger partial charge in [-0.15, -0.1) is 0 Å². The average Bonchev–Trinajstić information content (AvgIpc) is 3.67. The van der Waals surface area contributed by atoms with Gasteiger partial charge in [0.05, 0.1) is 29.8 Å². The monoisotopic (exact) mass is 694 g/mol. The van der Waals surface area contributed by atoms with E-state index in [-0.39, 0.29) is 29.6 Å². The van der Waals surface area contributed by atoms with Crippen LogP contribution in [-0.2, 0) is 0 Å². The van der Waals surface area contributed by atoms with E-state index in [1.54, 1.807) is 48.5 Å². The van der Waals surface area contributed by atoms with Crippen LogP contribution in [0.25, 0.3) is 0 Å². The van der Waals surface area contributed by atoms with E-state index < -0.39 is 20.5 Å². The predicted octanol–water partition coefficient (Wildman–Crippen LogP) is 9.96. The number of halogens is 2. The van der Waals surface area contributed by atoms with Crippen molar-refractivity contribution < 1.29 is 18.6 Å². The highest BCUT2D eigenvalue weighted by atomic mass is 35.5. The minimum Gasteiger partial charge on any atom is -0.438 e. The number of amides is 2. The van der Waals surface area contributed by atoms with E-state index in [1.165, 1.54) is 0 Å². The molecule has 2 aliphatic carbocycles. The molecular weight excluding hydrogens is 662 g/mol. The molecule has 2 aliphatic heterocycles. The Balaban J connectivity index is 1.39. The number of piperazine rings is 1. The molecule has 2 fully saturated rings. The Kier molecular flexibility index (Phi) is 8.50. The highest BCUT2D eigenvalue weighted by Crippen LogP contribution is 2.58. The van der Waals surface area contributed by atoms with Crippen LogP contribution in [0.15, 0.2) is 121 Å². The van der Waals surface area contributed by atoms with Crippen LogP contribution in [-0.4, -0.2) is 39.4 Å². The van der Waals surface area contributed by atoms with Crippen LogP contribution in [0.2, 0.25) is 10.0 Å². The molecule has 4 aromatic carbocycles. The summed E-state index contributed by atoms with van der Waals surface area (Å²) in [4.78, 5) is 34.0. The molecule has 0 radical (unpaired) electrons. The molecule has 1 saturated heterocycles. The average molecular weight is 696 g/mol. The Morgan fingerprint density at radius 1 is 0.604 bits per heavy atom. The van der Waals surface area contributed by atoms with Crippen molar-refractivity contribution in [3.8, 4) is 11.5 Å². The minimum absolute atomic E-state index is 0.0672. The summed E-state index contributed by atoms with van der Waals surface area (Å²) < 4.78 is 13.7. The fourth-order valence-electron chi connectivity index (χ4n) is 7.65. The maximum absolute atomic E-state index is 15.0. The lowest BCUT2D eigenvalue weighted by atomic mass is 9.77. The maximum atomic E-state index is 15.0. The van der Waals surface area contributed by atoms with Gasteiger partial charge in [0.15, 0.2) is 0 Å². The molecule has 0 bridgehead atoms. The van der Waals surface area contributed by atoms with E-state index >= 15 is 0 Å². The van der Waals surface area contributed by atoms with Crippen LogP contribution in [0.5, 0.6) is 11.5 Å². The van der Waals surface area contributed by atoms with Gasteiger partial charge in [0.25, 0.3) is 11.8 Å². The standard InChI is InChI=1S/C39H33Cl2N2O4P/c40-27-21-17-25(18-22-27)38(44)42-32-13-5-6-14-33(32)43(39(45)26-19-23-28(41)24-20-26)37-31-12-4-8-16-35(31)47-48(29-9-1-2-10-29)46-34-15-7-3-11-30(34)36(37)42/h1-4,7-12,15-24,29,32-33,36-37H,5-6,13-14H2/t32-,33-,36+,37+/m0/s1. The fraction of sp³-hybridized carbons (Fsp3) is 0.231. The first-order valence-corrected chi connectivity index (χ1v) is 18.3. The van der Waals surface area contributed by atoms with Gasteiger partial charge in [0.1, 0.15) is 11.5 Å². The number of nitrogens with zero attached hydrogens (tertiary/aromatic N) is 2. The van der Waals surface area contributed by atoms with Crippen LogP contribution >= 0.6 is 31.6 Å². The number of hydrogen-bond donors (Lipinski definition) is 0. The van der Waals surface area contributed by atoms with Crippen molar-refractivity contribution in [1.29, 1.82) is 0 Å².